The van der Waals surface area contributed by atoms with Crippen LogP contribution >= 0.6 is 0 Å². The average Bonchev–Trinajstić information content (AvgIpc) is 2.51. The Kier molecular flexibility index (Phi) is 9.31. The van der Waals surface area contributed by atoms with Crippen molar-refractivity contribution in [2.75, 3.05) is 26.3 Å². The second kappa shape index (κ2) is 10.8. The Bertz CT molecular complexity index is 364. The molecule has 0 fully saturated rings. The molecule has 3 nitrogen and oxygen atoms in total. The van der Waals surface area contributed by atoms with Gasteiger partial charge in [-0.25, -0.2) is 0 Å². The summed E-state index contributed by atoms with van der Waals surface area (Å²) in [6.45, 7) is 12.7. The number of benzene rings is 1. The van der Waals surface area contributed by atoms with Gasteiger partial charge in [-0.15, -0.1) is 0 Å². The van der Waals surface area contributed by atoms with Crippen molar-refractivity contribution in [1.29, 1.82) is 0 Å². The Morgan fingerprint density at radius 1 is 1.10 bits per heavy atom. The fourth-order valence-corrected chi connectivity index (χ4v) is 2.13. The average molecular weight is 293 g/mol. The highest BCUT2D eigenvalue weighted by atomic mass is 16.5. The summed E-state index contributed by atoms with van der Waals surface area (Å²) in [5, 5.41) is 3.47. The number of ether oxygens (including phenoxy) is 2. The Morgan fingerprint density at radius 2 is 1.81 bits per heavy atom. The van der Waals surface area contributed by atoms with Crippen LogP contribution < -0.4 is 5.32 Å². The molecule has 0 spiro atoms. The van der Waals surface area contributed by atoms with Gasteiger partial charge in [0.15, 0.2) is 0 Å². The highest BCUT2D eigenvalue weighted by Crippen LogP contribution is 2.16. The molecule has 0 aliphatic rings. The topological polar surface area (TPSA) is 30.5 Å². The Hall–Kier alpha value is -0.900. The molecule has 1 N–H and O–H groups in total. The van der Waals surface area contributed by atoms with Crippen molar-refractivity contribution in [3.63, 3.8) is 0 Å². The van der Waals surface area contributed by atoms with Crippen molar-refractivity contribution in [2.24, 2.45) is 0 Å². The van der Waals surface area contributed by atoms with Crippen LogP contribution in [0.2, 0.25) is 0 Å². The highest BCUT2D eigenvalue weighted by Gasteiger charge is 2.06. The fraction of sp³-hybridized carbons (Fsp3) is 0.667. The molecule has 0 radical (unpaired) electrons. The molecule has 1 aromatic rings. The lowest BCUT2D eigenvalue weighted by molar-refractivity contribution is -0.0116. The van der Waals surface area contributed by atoms with Crippen molar-refractivity contribution in [2.45, 2.75) is 52.7 Å². The maximum Gasteiger partial charge on any atom is 0.0785 e. The SMILES string of the molecule is CCCNCC(C)c1ccc(COC(C)COCC)cc1. The first kappa shape index (κ1) is 18.1. The molecule has 3 heteroatoms. The van der Waals surface area contributed by atoms with Crippen molar-refractivity contribution in [3.8, 4) is 0 Å². The monoisotopic (exact) mass is 293 g/mol. The second-order valence-corrected chi connectivity index (χ2v) is 5.63. The van der Waals surface area contributed by atoms with Gasteiger partial charge in [-0.1, -0.05) is 38.1 Å². The van der Waals surface area contributed by atoms with Gasteiger partial charge in [0.2, 0.25) is 0 Å². The molecule has 0 aromatic heterocycles. The van der Waals surface area contributed by atoms with E-state index >= 15 is 0 Å². The van der Waals surface area contributed by atoms with E-state index in [1.54, 1.807) is 0 Å². The molecule has 1 aromatic carbocycles. The Labute approximate surface area is 130 Å². The maximum atomic E-state index is 5.77. The quantitative estimate of drug-likeness (QED) is 0.631. The molecule has 120 valence electrons. The van der Waals surface area contributed by atoms with E-state index < -0.39 is 0 Å². The van der Waals surface area contributed by atoms with E-state index in [4.69, 9.17) is 9.47 Å². The molecule has 0 saturated heterocycles. The van der Waals surface area contributed by atoms with Gasteiger partial charge in [-0.05, 0) is 43.9 Å². The second-order valence-electron chi connectivity index (χ2n) is 5.63. The number of nitrogens with one attached hydrogen (secondary N) is 1. The Morgan fingerprint density at radius 3 is 2.43 bits per heavy atom. The van der Waals surface area contributed by atoms with Crippen LogP contribution in [0.4, 0.5) is 0 Å². The summed E-state index contributed by atoms with van der Waals surface area (Å²) in [7, 11) is 0. The number of rotatable bonds is 11. The summed E-state index contributed by atoms with van der Waals surface area (Å²) in [4.78, 5) is 0. The lowest BCUT2D eigenvalue weighted by Crippen LogP contribution is -2.20. The molecule has 0 saturated carbocycles. The zero-order valence-corrected chi connectivity index (χ0v) is 14.0. The van der Waals surface area contributed by atoms with Crippen LogP contribution in [0, 0.1) is 0 Å². The van der Waals surface area contributed by atoms with E-state index in [1.807, 2.05) is 13.8 Å². The van der Waals surface area contributed by atoms with Crippen LogP contribution in [0.15, 0.2) is 24.3 Å². The van der Waals surface area contributed by atoms with E-state index in [-0.39, 0.29) is 6.10 Å². The zero-order valence-electron chi connectivity index (χ0n) is 14.0. The first-order chi connectivity index (χ1) is 10.2. The van der Waals surface area contributed by atoms with E-state index in [0.29, 0.717) is 19.1 Å². The van der Waals surface area contributed by atoms with Crippen molar-refractivity contribution in [1.82, 2.24) is 5.32 Å². The summed E-state index contributed by atoms with van der Waals surface area (Å²) >= 11 is 0. The molecule has 1 rings (SSSR count). The van der Waals surface area contributed by atoms with Gasteiger partial charge < -0.3 is 14.8 Å². The van der Waals surface area contributed by atoms with Gasteiger partial charge in [0.1, 0.15) is 0 Å². The molecule has 21 heavy (non-hydrogen) atoms. The molecule has 0 heterocycles. The van der Waals surface area contributed by atoms with Gasteiger partial charge in [0.25, 0.3) is 0 Å². The molecule has 0 aliphatic heterocycles. The predicted octanol–water partition coefficient (Wildman–Crippen LogP) is 3.73. The predicted molar refractivity (Wildman–Crippen MR) is 88.8 cm³/mol. The molecule has 2 atom stereocenters. The molecule has 0 amide bonds. The lowest BCUT2D eigenvalue weighted by Gasteiger charge is -2.15. The summed E-state index contributed by atoms with van der Waals surface area (Å²) < 4.78 is 11.1. The van der Waals surface area contributed by atoms with Crippen LogP contribution in [-0.4, -0.2) is 32.4 Å². The van der Waals surface area contributed by atoms with Crippen LogP contribution in [0.25, 0.3) is 0 Å². The first-order valence-electron chi connectivity index (χ1n) is 8.16. The fourth-order valence-electron chi connectivity index (χ4n) is 2.13. The lowest BCUT2D eigenvalue weighted by atomic mass is 10.00. The minimum atomic E-state index is 0.141. The summed E-state index contributed by atoms with van der Waals surface area (Å²) in [6.07, 6.45) is 1.32. The number of hydrogen-bond acceptors (Lipinski definition) is 3. The van der Waals surface area contributed by atoms with E-state index in [1.165, 1.54) is 17.5 Å². The molecule has 2 unspecified atom stereocenters. The van der Waals surface area contributed by atoms with Gasteiger partial charge in [-0.3, -0.25) is 0 Å². The smallest absolute Gasteiger partial charge is 0.0785 e. The van der Waals surface area contributed by atoms with E-state index in [9.17, 15) is 0 Å². The third-order valence-corrected chi connectivity index (χ3v) is 3.52. The zero-order chi connectivity index (χ0) is 15.5. The largest absolute Gasteiger partial charge is 0.379 e. The van der Waals surface area contributed by atoms with Gasteiger partial charge in [-0.2, -0.15) is 0 Å². The first-order valence-corrected chi connectivity index (χ1v) is 8.16. The minimum Gasteiger partial charge on any atom is -0.379 e. The highest BCUT2D eigenvalue weighted by molar-refractivity contribution is 5.24. The van der Waals surface area contributed by atoms with Crippen LogP contribution in [0.1, 0.15) is 51.2 Å². The standard InChI is InChI=1S/C18H31NO2/c1-5-11-19-12-15(3)18-9-7-17(8-10-18)14-21-16(4)13-20-6-2/h7-10,15-16,19H,5-6,11-14H2,1-4H3. The van der Waals surface area contributed by atoms with Crippen LogP contribution in [0.5, 0.6) is 0 Å². The normalized spacial score (nSPS) is 14.1. The molecule has 0 bridgehead atoms. The third kappa shape index (κ3) is 7.60. The molecular formula is C18H31NO2. The van der Waals surface area contributed by atoms with E-state index in [0.717, 1.165) is 19.7 Å². The van der Waals surface area contributed by atoms with Crippen molar-refractivity contribution in [3.05, 3.63) is 35.4 Å². The van der Waals surface area contributed by atoms with Crippen LogP contribution in [-0.2, 0) is 16.1 Å². The summed E-state index contributed by atoms with van der Waals surface area (Å²) in [6, 6.07) is 8.76. The molecular weight excluding hydrogens is 262 g/mol. The van der Waals surface area contributed by atoms with Gasteiger partial charge >= 0.3 is 0 Å². The van der Waals surface area contributed by atoms with Gasteiger partial charge in [0, 0.05) is 13.2 Å². The summed E-state index contributed by atoms with van der Waals surface area (Å²) in [5.74, 6) is 0.545. The summed E-state index contributed by atoms with van der Waals surface area (Å²) in [5.41, 5.74) is 2.60. The van der Waals surface area contributed by atoms with Crippen molar-refractivity contribution >= 4 is 0 Å². The molecule has 0 aliphatic carbocycles. The maximum absolute atomic E-state index is 5.77. The van der Waals surface area contributed by atoms with Crippen molar-refractivity contribution < 1.29 is 9.47 Å². The van der Waals surface area contributed by atoms with Gasteiger partial charge in [0.05, 0.1) is 19.3 Å². The van der Waals surface area contributed by atoms with E-state index in [2.05, 4.69) is 43.4 Å². The third-order valence-electron chi connectivity index (χ3n) is 3.52. The van der Waals surface area contributed by atoms with Crippen LogP contribution in [0.3, 0.4) is 0 Å². The Balaban J connectivity index is 2.35. The number of hydrogen-bond donors (Lipinski definition) is 1. The minimum absolute atomic E-state index is 0.141.